The van der Waals surface area contributed by atoms with Crippen LogP contribution in [0.3, 0.4) is 0 Å². The first-order valence-corrected chi connectivity index (χ1v) is 13.1. The lowest BCUT2D eigenvalue weighted by Crippen LogP contribution is -2.40. The minimum absolute atomic E-state index is 0.161. The number of amides is 1. The maximum absolute atomic E-state index is 13.7. The number of thiocarbonyl (C=S) groups is 1. The summed E-state index contributed by atoms with van der Waals surface area (Å²) in [5.74, 6) is 1.48. The number of nitrogens with zero attached hydrogens (tertiary/aromatic N) is 4. The molecule has 0 radical (unpaired) electrons. The van der Waals surface area contributed by atoms with E-state index >= 15 is 0 Å². The van der Waals surface area contributed by atoms with Crippen LogP contribution in [0.2, 0.25) is 0 Å². The number of fused-ring (bicyclic) bond motifs is 1. The standard InChI is InChI=1S/C25H32N4O3S2/c1-5-32-10-6-9-28-24(31)20(34-25(28)33)12-19-22(27-13-17(3)11-18(4)14-27)26-21-8-7-16(2)15-29(21)23(19)30/h7-8,12,15,17-18H,5-6,9-11,13-14H2,1-4H3/b20-12+/t17-,18-/m0/s1. The quantitative estimate of drug-likeness (QED) is 0.322. The minimum Gasteiger partial charge on any atom is -0.382 e. The van der Waals surface area contributed by atoms with Crippen LogP contribution in [-0.2, 0) is 9.53 Å². The molecule has 34 heavy (non-hydrogen) atoms. The number of ether oxygens (including phenoxy) is 1. The maximum atomic E-state index is 13.7. The van der Waals surface area contributed by atoms with Crippen molar-refractivity contribution in [3.05, 3.63) is 44.7 Å². The Bertz CT molecular complexity index is 1180. The van der Waals surface area contributed by atoms with Crippen molar-refractivity contribution in [1.29, 1.82) is 0 Å². The molecule has 4 rings (SSSR count). The molecule has 2 aromatic rings. The third-order valence-corrected chi connectivity index (χ3v) is 7.56. The molecule has 0 unspecified atom stereocenters. The number of carbonyl (C=O) groups is 1. The van der Waals surface area contributed by atoms with Crippen LogP contribution < -0.4 is 10.5 Å². The fourth-order valence-electron chi connectivity index (χ4n) is 4.74. The SMILES string of the molecule is CCOCCCN1C(=O)/C(=C\c2c(N3C[C@@H](C)C[C@H](C)C3)nc3ccc(C)cn3c2=O)SC1=S. The van der Waals surface area contributed by atoms with Gasteiger partial charge in [-0.1, -0.05) is 43.9 Å². The van der Waals surface area contributed by atoms with Crippen LogP contribution in [-0.4, -0.2) is 57.4 Å². The molecule has 2 aliphatic heterocycles. The summed E-state index contributed by atoms with van der Waals surface area (Å²) in [6.45, 7) is 11.7. The Morgan fingerprint density at radius 2 is 1.97 bits per heavy atom. The van der Waals surface area contributed by atoms with Gasteiger partial charge in [0.2, 0.25) is 0 Å². The molecule has 4 heterocycles. The summed E-state index contributed by atoms with van der Waals surface area (Å²) in [6.07, 6.45) is 5.36. The molecule has 0 N–H and O–H groups in total. The van der Waals surface area contributed by atoms with E-state index in [1.165, 1.54) is 11.8 Å². The second-order valence-electron chi connectivity index (χ2n) is 9.32. The maximum Gasteiger partial charge on any atom is 0.267 e. The van der Waals surface area contributed by atoms with Crippen LogP contribution >= 0.6 is 24.0 Å². The second-order valence-corrected chi connectivity index (χ2v) is 11.0. The van der Waals surface area contributed by atoms with Crippen molar-refractivity contribution in [3.63, 3.8) is 0 Å². The fraction of sp³-hybridized carbons (Fsp3) is 0.520. The summed E-state index contributed by atoms with van der Waals surface area (Å²) in [5.41, 5.74) is 1.85. The van der Waals surface area contributed by atoms with E-state index in [0.717, 1.165) is 25.1 Å². The van der Waals surface area contributed by atoms with Crippen LogP contribution in [0, 0.1) is 18.8 Å². The predicted octanol–water partition coefficient (Wildman–Crippen LogP) is 4.11. The number of hydrogen-bond donors (Lipinski definition) is 0. The second kappa shape index (κ2) is 10.6. The zero-order valence-corrected chi connectivity index (χ0v) is 21.9. The highest BCUT2D eigenvalue weighted by molar-refractivity contribution is 8.26. The highest BCUT2D eigenvalue weighted by Gasteiger charge is 2.33. The van der Waals surface area contributed by atoms with Gasteiger partial charge in [0.1, 0.15) is 15.8 Å². The van der Waals surface area contributed by atoms with Crippen molar-refractivity contribution >= 4 is 51.7 Å². The van der Waals surface area contributed by atoms with E-state index in [9.17, 15) is 9.59 Å². The topological polar surface area (TPSA) is 67.2 Å². The van der Waals surface area contributed by atoms with Gasteiger partial charge in [0.05, 0.1) is 10.5 Å². The molecule has 2 saturated heterocycles. The van der Waals surface area contributed by atoms with Gasteiger partial charge in [0.25, 0.3) is 11.5 Å². The molecule has 0 aromatic carbocycles. The number of aryl methyl sites for hydroxylation is 1. The molecule has 0 spiro atoms. The van der Waals surface area contributed by atoms with E-state index in [1.54, 1.807) is 21.6 Å². The fourth-order valence-corrected chi connectivity index (χ4v) is 6.03. The monoisotopic (exact) mass is 500 g/mol. The first kappa shape index (κ1) is 24.9. The van der Waals surface area contributed by atoms with E-state index in [-0.39, 0.29) is 11.5 Å². The molecule has 2 aromatic heterocycles. The van der Waals surface area contributed by atoms with Crippen molar-refractivity contribution in [2.75, 3.05) is 37.7 Å². The Morgan fingerprint density at radius 1 is 1.24 bits per heavy atom. The molecule has 7 nitrogen and oxygen atoms in total. The first-order chi connectivity index (χ1) is 16.3. The Labute approximate surface area is 210 Å². The Hall–Kier alpha value is -2.23. The molecule has 2 aliphatic rings. The summed E-state index contributed by atoms with van der Waals surface area (Å²) >= 11 is 6.73. The van der Waals surface area contributed by atoms with Crippen molar-refractivity contribution in [2.45, 2.75) is 40.5 Å². The molecule has 1 amide bonds. The largest absolute Gasteiger partial charge is 0.382 e. The average molecular weight is 501 g/mol. The normalized spacial score (nSPS) is 22.4. The predicted molar refractivity (Wildman–Crippen MR) is 142 cm³/mol. The van der Waals surface area contributed by atoms with Crippen molar-refractivity contribution < 1.29 is 9.53 Å². The lowest BCUT2D eigenvalue weighted by molar-refractivity contribution is -0.122. The highest BCUT2D eigenvalue weighted by atomic mass is 32.2. The number of hydrogen-bond acceptors (Lipinski definition) is 7. The molecule has 0 saturated carbocycles. The van der Waals surface area contributed by atoms with Crippen LogP contribution in [0.1, 0.15) is 44.7 Å². The van der Waals surface area contributed by atoms with Gasteiger partial charge in [0.15, 0.2) is 0 Å². The summed E-state index contributed by atoms with van der Waals surface area (Å²) in [7, 11) is 0. The molecule has 0 aliphatic carbocycles. The highest BCUT2D eigenvalue weighted by Crippen LogP contribution is 2.34. The zero-order valence-electron chi connectivity index (χ0n) is 20.2. The number of rotatable bonds is 7. The minimum atomic E-state index is -0.170. The Kier molecular flexibility index (Phi) is 7.74. The van der Waals surface area contributed by atoms with Gasteiger partial charge in [-0.05, 0) is 56.2 Å². The van der Waals surface area contributed by atoms with E-state index in [4.69, 9.17) is 21.9 Å². The van der Waals surface area contributed by atoms with Gasteiger partial charge in [0, 0.05) is 39.0 Å². The van der Waals surface area contributed by atoms with Gasteiger partial charge >= 0.3 is 0 Å². The smallest absolute Gasteiger partial charge is 0.267 e. The number of pyridine rings is 1. The van der Waals surface area contributed by atoms with Gasteiger partial charge in [-0.15, -0.1) is 0 Å². The van der Waals surface area contributed by atoms with Crippen LogP contribution in [0.25, 0.3) is 11.7 Å². The molecule has 0 bridgehead atoms. The molecule has 2 fully saturated rings. The summed E-state index contributed by atoms with van der Waals surface area (Å²) in [6, 6.07) is 3.83. The number of anilines is 1. The van der Waals surface area contributed by atoms with Crippen molar-refractivity contribution in [3.8, 4) is 0 Å². The lowest BCUT2D eigenvalue weighted by Gasteiger charge is -2.36. The lowest BCUT2D eigenvalue weighted by atomic mass is 9.91. The molecular formula is C25H32N4O3S2. The third-order valence-electron chi connectivity index (χ3n) is 6.18. The first-order valence-electron chi connectivity index (χ1n) is 11.9. The molecule has 182 valence electrons. The number of thioether (sulfide) groups is 1. The molecule has 9 heteroatoms. The molecular weight excluding hydrogens is 468 g/mol. The van der Waals surface area contributed by atoms with Crippen LogP contribution in [0.4, 0.5) is 5.82 Å². The summed E-state index contributed by atoms with van der Waals surface area (Å²) in [4.78, 5) is 36.0. The van der Waals surface area contributed by atoms with Gasteiger partial charge < -0.3 is 9.64 Å². The van der Waals surface area contributed by atoms with Gasteiger partial charge in [-0.3, -0.25) is 18.9 Å². The Morgan fingerprint density at radius 3 is 2.68 bits per heavy atom. The van der Waals surface area contributed by atoms with E-state index < -0.39 is 0 Å². The van der Waals surface area contributed by atoms with E-state index in [2.05, 4.69) is 18.7 Å². The summed E-state index contributed by atoms with van der Waals surface area (Å²) in [5, 5.41) is 0. The average Bonchev–Trinajstić information content (AvgIpc) is 3.05. The number of piperidine rings is 1. The van der Waals surface area contributed by atoms with Crippen molar-refractivity contribution in [2.24, 2.45) is 11.8 Å². The van der Waals surface area contributed by atoms with Crippen molar-refractivity contribution in [1.82, 2.24) is 14.3 Å². The van der Waals surface area contributed by atoms with Gasteiger partial charge in [-0.2, -0.15) is 0 Å². The third kappa shape index (κ3) is 5.21. The number of aromatic nitrogens is 2. The summed E-state index contributed by atoms with van der Waals surface area (Å²) < 4.78 is 7.48. The zero-order chi connectivity index (χ0) is 24.4. The molecule has 2 atom stereocenters. The number of carbonyl (C=O) groups excluding carboxylic acids is 1. The van der Waals surface area contributed by atoms with E-state index in [1.807, 2.05) is 26.0 Å². The van der Waals surface area contributed by atoms with E-state index in [0.29, 0.717) is 64.3 Å². The van der Waals surface area contributed by atoms with Crippen LogP contribution in [0.15, 0.2) is 28.0 Å². The van der Waals surface area contributed by atoms with Gasteiger partial charge in [-0.25, -0.2) is 4.98 Å². The Balaban J connectivity index is 1.75. The van der Waals surface area contributed by atoms with Crippen LogP contribution in [0.5, 0.6) is 0 Å².